The Kier molecular flexibility index (Phi) is 4.05. The van der Waals surface area contributed by atoms with Crippen LogP contribution in [0.2, 0.25) is 0 Å². The van der Waals surface area contributed by atoms with Crippen molar-refractivity contribution < 1.29 is 7.85 Å². The van der Waals surface area contributed by atoms with Crippen molar-refractivity contribution in [3.63, 3.8) is 0 Å². The van der Waals surface area contributed by atoms with Gasteiger partial charge in [0.1, 0.15) is 0 Å². The third kappa shape index (κ3) is 7.44. The summed E-state index contributed by atoms with van der Waals surface area (Å²) in [5, 5.41) is 8.96. The van der Waals surface area contributed by atoms with Crippen LogP contribution in [0.15, 0.2) is 24.8 Å². The Bertz CT molecular complexity index is 173. The molecule has 0 heterocycles. The van der Waals surface area contributed by atoms with Crippen molar-refractivity contribution in [1.29, 1.82) is 0 Å². The van der Waals surface area contributed by atoms with Gasteiger partial charge in [-0.2, -0.15) is 0 Å². The average molecular weight is 142 g/mol. The highest BCUT2D eigenvalue weighted by atomic mass is 16.3. The van der Waals surface area contributed by atoms with Gasteiger partial charge in [0.05, 0.1) is 8.85 Å². The van der Waals surface area contributed by atoms with E-state index in [0.29, 0.717) is 6.42 Å². The Morgan fingerprint density at radius 3 is 2.90 bits per heavy atom. The van der Waals surface area contributed by atoms with Crippen molar-refractivity contribution >= 4 is 0 Å². The van der Waals surface area contributed by atoms with Crippen LogP contribution in [0.4, 0.5) is 0 Å². The minimum Gasteiger partial charge on any atom is -0.389 e. The Balaban J connectivity index is 3.90. The molecule has 0 bridgehead atoms. The minimum absolute atomic E-state index is 0.0269. The molecule has 0 saturated carbocycles. The first-order valence-corrected chi connectivity index (χ1v) is 3.54. The summed E-state index contributed by atoms with van der Waals surface area (Å²) >= 11 is 0. The molecule has 0 amide bonds. The zero-order chi connectivity index (χ0) is 9.56. The van der Waals surface area contributed by atoms with E-state index in [4.69, 9.17) is 7.85 Å². The number of rotatable bonds is 5. The second-order valence-corrected chi connectivity index (χ2v) is 2.18. The summed E-state index contributed by atoms with van der Waals surface area (Å²) in [6.07, 6.45) is 3.21. The summed E-state index contributed by atoms with van der Waals surface area (Å²) in [7, 11) is 0. The van der Waals surface area contributed by atoms with E-state index in [1.807, 2.05) is 0 Å². The average Bonchev–Trinajstić information content (AvgIpc) is 2.03. The van der Waals surface area contributed by atoms with Gasteiger partial charge in [0.15, 0.2) is 0 Å². The standard InChI is InChI=1S/C9H16O/c1-3-4-5-6-7-8-9(2)10/h3,7-10H,1,4-6H2,2H3/b8-7+/t9-/m1/s1/i7D,8D. The Morgan fingerprint density at radius 1 is 1.70 bits per heavy atom. The molecule has 0 aromatic rings. The van der Waals surface area contributed by atoms with Gasteiger partial charge in [-0.05, 0) is 26.2 Å². The third-order valence-electron chi connectivity index (χ3n) is 1.02. The van der Waals surface area contributed by atoms with E-state index in [-0.39, 0.29) is 12.1 Å². The first kappa shape index (κ1) is 6.17. The fraction of sp³-hybridized carbons (Fsp3) is 0.556. The SMILES string of the molecule is [2H]/C(CCCC=C)=C(/[2H])[C@@H](C)O. The number of hydrogen-bond donors (Lipinski definition) is 1. The van der Waals surface area contributed by atoms with Crippen LogP contribution < -0.4 is 0 Å². The number of aliphatic hydroxyl groups is 1. The first-order valence-electron chi connectivity index (χ1n) is 4.54. The fourth-order valence-electron chi connectivity index (χ4n) is 0.555. The van der Waals surface area contributed by atoms with Gasteiger partial charge in [-0.3, -0.25) is 0 Å². The van der Waals surface area contributed by atoms with Crippen molar-refractivity contribution in [2.45, 2.75) is 32.3 Å². The summed E-state index contributed by atoms with van der Waals surface area (Å²) in [4.78, 5) is 0. The van der Waals surface area contributed by atoms with Gasteiger partial charge in [0.25, 0.3) is 0 Å². The quantitative estimate of drug-likeness (QED) is 0.461. The van der Waals surface area contributed by atoms with Crippen molar-refractivity contribution in [2.24, 2.45) is 0 Å². The number of unbranched alkanes of at least 4 members (excludes halogenated alkanes) is 1. The van der Waals surface area contributed by atoms with Gasteiger partial charge in [0, 0.05) is 0 Å². The predicted molar refractivity (Wildman–Crippen MR) is 44.9 cm³/mol. The highest BCUT2D eigenvalue weighted by molar-refractivity contribution is 4.86. The van der Waals surface area contributed by atoms with E-state index in [2.05, 4.69) is 6.58 Å². The van der Waals surface area contributed by atoms with E-state index in [0.717, 1.165) is 12.8 Å². The highest BCUT2D eigenvalue weighted by Crippen LogP contribution is 1.97. The van der Waals surface area contributed by atoms with E-state index in [9.17, 15) is 0 Å². The predicted octanol–water partition coefficient (Wildman–Crippen LogP) is 2.28. The van der Waals surface area contributed by atoms with Crippen LogP contribution in [-0.4, -0.2) is 11.2 Å². The van der Waals surface area contributed by atoms with E-state index >= 15 is 0 Å². The summed E-state index contributed by atoms with van der Waals surface area (Å²) < 4.78 is 14.7. The van der Waals surface area contributed by atoms with Crippen molar-refractivity contribution in [2.75, 3.05) is 0 Å². The lowest BCUT2D eigenvalue weighted by atomic mass is 10.2. The highest BCUT2D eigenvalue weighted by Gasteiger charge is 1.83. The van der Waals surface area contributed by atoms with Gasteiger partial charge in [-0.1, -0.05) is 18.2 Å². The first-order chi connectivity index (χ1) is 5.59. The topological polar surface area (TPSA) is 20.2 Å². The van der Waals surface area contributed by atoms with Crippen LogP contribution in [0, 0.1) is 0 Å². The second kappa shape index (κ2) is 6.56. The van der Waals surface area contributed by atoms with Gasteiger partial charge >= 0.3 is 0 Å². The van der Waals surface area contributed by atoms with Crippen LogP contribution in [0.3, 0.4) is 0 Å². The number of aliphatic hydroxyl groups excluding tert-OH is 1. The van der Waals surface area contributed by atoms with Gasteiger partial charge in [-0.25, -0.2) is 0 Å². The Hall–Kier alpha value is -0.560. The fourth-order valence-corrected chi connectivity index (χ4v) is 0.555. The Labute approximate surface area is 65.9 Å². The van der Waals surface area contributed by atoms with E-state index in [1.165, 1.54) is 6.92 Å². The summed E-state index contributed by atoms with van der Waals surface area (Å²) in [6, 6.07) is 0.255. The summed E-state index contributed by atoms with van der Waals surface area (Å²) in [5.74, 6) is 0. The monoisotopic (exact) mass is 142 g/mol. The summed E-state index contributed by atoms with van der Waals surface area (Å²) in [5.41, 5.74) is 0. The van der Waals surface area contributed by atoms with Crippen molar-refractivity contribution in [3.05, 3.63) is 24.8 Å². The van der Waals surface area contributed by atoms with Gasteiger partial charge in [0.2, 0.25) is 0 Å². The van der Waals surface area contributed by atoms with Gasteiger partial charge < -0.3 is 5.11 Å². The molecule has 1 N–H and O–H groups in total. The molecule has 0 aromatic heterocycles. The molecule has 0 aliphatic heterocycles. The van der Waals surface area contributed by atoms with Crippen molar-refractivity contribution in [1.82, 2.24) is 0 Å². The molecule has 0 aromatic carbocycles. The molecule has 1 atom stereocenters. The smallest absolute Gasteiger partial charge is 0.0692 e. The molecule has 0 saturated heterocycles. The lowest BCUT2D eigenvalue weighted by Crippen LogP contribution is -1.91. The zero-order valence-corrected chi connectivity index (χ0v) is 6.43. The molecule has 0 spiro atoms. The van der Waals surface area contributed by atoms with Gasteiger partial charge in [-0.15, -0.1) is 6.58 Å². The molecule has 0 aliphatic carbocycles. The van der Waals surface area contributed by atoms with E-state index in [1.54, 1.807) is 6.08 Å². The maximum Gasteiger partial charge on any atom is 0.0692 e. The number of hydrogen-bond acceptors (Lipinski definition) is 1. The molecule has 0 aliphatic rings. The third-order valence-corrected chi connectivity index (χ3v) is 1.02. The molecular formula is C9H16O. The van der Waals surface area contributed by atoms with Crippen LogP contribution in [0.1, 0.15) is 28.9 Å². The second-order valence-electron chi connectivity index (χ2n) is 2.18. The van der Waals surface area contributed by atoms with Crippen LogP contribution in [-0.2, 0) is 0 Å². The molecule has 1 nitrogen and oxygen atoms in total. The van der Waals surface area contributed by atoms with Crippen LogP contribution >= 0.6 is 0 Å². The van der Waals surface area contributed by atoms with Crippen LogP contribution in [0.25, 0.3) is 0 Å². The lowest BCUT2D eigenvalue weighted by molar-refractivity contribution is 0.244. The zero-order valence-electron chi connectivity index (χ0n) is 8.43. The van der Waals surface area contributed by atoms with Crippen LogP contribution in [0.5, 0.6) is 0 Å². The van der Waals surface area contributed by atoms with E-state index < -0.39 is 6.10 Å². The molecule has 0 fully saturated rings. The maximum atomic E-state index is 8.96. The molecule has 0 radical (unpaired) electrons. The number of allylic oxidation sites excluding steroid dienone is 2. The largest absolute Gasteiger partial charge is 0.389 e. The minimum atomic E-state index is -0.818. The molecule has 10 heavy (non-hydrogen) atoms. The molecule has 58 valence electrons. The summed E-state index contributed by atoms with van der Waals surface area (Å²) in [6.45, 7) is 5.07. The lowest BCUT2D eigenvalue weighted by Gasteiger charge is -1.92. The molecular weight excluding hydrogens is 124 g/mol. The maximum absolute atomic E-state index is 8.96. The Morgan fingerprint density at radius 2 is 2.40 bits per heavy atom. The molecule has 0 unspecified atom stereocenters. The van der Waals surface area contributed by atoms with Crippen molar-refractivity contribution in [3.8, 4) is 0 Å². The molecule has 1 heteroatoms. The molecule has 0 rings (SSSR count). The normalized spacial score (nSPS) is 18.6.